The monoisotopic (exact) mass is 462 g/mol. The molecule has 3 rings (SSSR count). The van der Waals surface area contributed by atoms with Gasteiger partial charge in [-0.05, 0) is 48.5 Å². The minimum absolute atomic E-state index is 0.0765. The van der Waals surface area contributed by atoms with Gasteiger partial charge < -0.3 is 4.55 Å². The molecular weight excluding hydrogens is 440 g/mol. The summed E-state index contributed by atoms with van der Waals surface area (Å²) in [7, 11) is -3.40. The lowest BCUT2D eigenvalue weighted by Gasteiger charge is -2.08. The zero-order valence-electron chi connectivity index (χ0n) is 16.8. The molecule has 30 heavy (non-hydrogen) atoms. The third kappa shape index (κ3) is 7.62. The van der Waals surface area contributed by atoms with Crippen molar-refractivity contribution in [3.63, 3.8) is 0 Å². The summed E-state index contributed by atoms with van der Waals surface area (Å²) in [5.41, 5.74) is 1.50. The van der Waals surface area contributed by atoms with Crippen molar-refractivity contribution in [2.24, 2.45) is 0 Å². The maximum Gasteiger partial charge on any atom is 0.217 e. The molecule has 3 aromatic rings. The van der Waals surface area contributed by atoms with E-state index in [1.165, 1.54) is 4.90 Å². The van der Waals surface area contributed by atoms with E-state index in [2.05, 4.69) is 41.0 Å². The second kappa shape index (κ2) is 11.3. The molecule has 0 radical (unpaired) electrons. The van der Waals surface area contributed by atoms with Crippen LogP contribution in [0.25, 0.3) is 0 Å². The van der Waals surface area contributed by atoms with Crippen LogP contribution in [0.2, 0.25) is 0 Å². The summed E-state index contributed by atoms with van der Waals surface area (Å²) >= 11 is 1.63. The molecule has 0 heterocycles. The van der Waals surface area contributed by atoms with Crippen molar-refractivity contribution in [3.05, 3.63) is 90.0 Å². The molecule has 0 fully saturated rings. The van der Waals surface area contributed by atoms with Gasteiger partial charge in [-0.25, -0.2) is 8.42 Å². The molecule has 0 aromatic heterocycles. The van der Waals surface area contributed by atoms with Gasteiger partial charge in [0, 0.05) is 31.8 Å². The van der Waals surface area contributed by atoms with E-state index in [4.69, 9.17) is 0 Å². The number of rotatable bonds is 6. The first-order chi connectivity index (χ1) is 14.2. The van der Waals surface area contributed by atoms with Crippen LogP contribution in [0.5, 0.6) is 0 Å². The minimum atomic E-state index is -4.41. The summed E-state index contributed by atoms with van der Waals surface area (Å²) in [4.78, 5) is 16.3. The van der Waals surface area contributed by atoms with Gasteiger partial charge in [-0.2, -0.15) is 0 Å². The van der Waals surface area contributed by atoms with Gasteiger partial charge in [0.25, 0.3) is 0 Å². The predicted molar refractivity (Wildman–Crippen MR) is 121 cm³/mol. The fourth-order valence-electron chi connectivity index (χ4n) is 2.39. The van der Waals surface area contributed by atoms with Gasteiger partial charge >= 0.3 is 0 Å². The van der Waals surface area contributed by atoms with Crippen molar-refractivity contribution in [1.82, 2.24) is 0 Å². The highest BCUT2D eigenvalue weighted by atomic mass is 32.3. The van der Waals surface area contributed by atoms with Crippen molar-refractivity contribution in [2.45, 2.75) is 14.7 Å². The Morgan fingerprint density at radius 1 is 0.900 bits per heavy atom. The topological polar surface area (TPSA) is 83.5 Å². The molecule has 0 aliphatic heterocycles. The molecule has 158 valence electrons. The highest BCUT2D eigenvalue weighted by Crippen LogP contribution is 2.31. The van der Waals surface area contributed by atoms with E-state index in [9.17, 15) is 17.8 Å². The zero-order valence-corrected chi connectivity index (χ0v) is 19.2. The predicted octanol–water partition coefficient (Wildman–Crippen LogP) is 4.40. The van der Waals surface area contributed by atoms with Crippen LogP contribution in [0.3, 0.4) is 0 Å². The van der Waals surface area contributed by atoms with E-state index in [0.717, 1.165) is 28.0 Å². The molecule has 0 amide bonds. The number of hydrogen-bond acceptors (Lipinski definition) is 6. The highest BCUT2D eigenvalue weighted by Gasteiger charge is 2.15. The Bertz CT molecular complexity index is 1060. The van der Waals surface area contributed by atoms with Crippen molar-refractivity contribution in [3.8, 4) is 0 Å². The van der Waals surface area contributed by atoms with E-state index in [1.54, 1.807) is 11.8 Å². The molecule has 0 aliphatic rings. The average molecular weight is 463 g/mol. The normalized spacial score (nSPS) is 11.0. The number of ketones is 1. The van der Waals surface area contributed by atoms with Crippen LogP contribution >= 0.6 is 11.8 Å². The minimum Gasteiger partial charge on any atom is -0.726 e. The van der Waals surface area contributed by atoms with Crippen molar-refractivity contribution < 1.29 is 21.9 Å². The molecule has 3 aromatic carbocycles. The molecule has 0 atom stereocenters. The SMILES string of the molecule is COS(=O)(=O)[O-].C[S+](C)c1ccc(C(=O)c2ccccc2Sc2ccccc2)cc1. The summed E-state index contributed by atoms with van der Waals surface area (Å²) < 4.78 is 31.0. The molecule has 5 nitrogen and oxygen atoms in total. The lowest BCUT2D eigenvalue weighted by Crippen LogP contribution is -2.04. The fraction of sp³-hybridized carbons (Fsp3) is 0.136. The first-order valence-corrected chi connectivity index (χ1v) is 13.0. The first-order valence-electron chi connectivity index (χ1n) is 8.77. The molecule has 0 bridgehead atoms. The van der Waals surface area contributed by atoms with E-state index in [1.807, 2.05) is 54.6 Å². The largest absolute Gasteiger partial charge is 0.726 e. The standard InChI is InChI=1S/C21H19OS2.CH4O4S/c1-24(2)18-14-12-16(13-15-18)21(22)19-10-6-7-11-20(19)23-17-8-4-3-5-9-17;1-5-6(2,3)4/h3-15H,1-2H3;1H3,(H,2,3,4)/q+1;/p-1. The Morgan fingerprint density at radius 2 is 1.43 bits per heavy atom. The van der Waals surface area contributed by atoms with Crippen LogP contribution in [0.4, 0.5) is 0 Å². The molecule has 0 unspecified atom stereocenters. The second-order valence-electron chi connectivity index (χ2n) is 6.16. The van der Waals surface area contributed by atoms with Crippen LogP contribution in [0.1, 0.15) is 15.9 Å². The lowest BCUT2D eigenvalue weighted by atomic mass is 10.0. The molecule has 0 aliphatic carbocycles. The summed E-state index contributed by atoms with van der Waals surface area (Å²) in [6.45, 7) is 0. The van der Waals surface area contributed by atoms with Crippen LogP contribution in [-0.2, 0) is 25.5 Å². The Kier molecular flexibility index (Phi) is 9.13. The molecule has 0 saturated heterocycles. The van der Waals surface area contributed by atoms with E-state index < -0.39 is 10.4 Å². The molecular formula is C22H22O5S3. The second-order valence-corrected chi connectivity index (χ2v) is 10.5. The van der Waals surface area contributed by atoms with Crippen molar-refractivity contribution in [1.29, 1.82) is 0 Å². The highest BCUT2D eigenvalue weighted by molar-refractivity contribution is 7.99. The van der Waals surface area contributed by atoms with Crippen LogP contribution in [0, 0.1) is 0 Å². The van der Waals surface area contributed by atoms with Crippen molar-refractivity contribution in [2.75, 3.05) is 19.6 Å². The zero-order chi connectivity index (χ0) is 22.1. The number of carbonyl (C=O) groups excluding carboxylic acids is 1. The molecule has 0 spiro atoms. The van der Waals surface area contributed by atoms with Gasteiger partial charge in [-0.15, -0.1) is 0 Å². The van der Waals surface area contributed by atoms with Gasteiger partial charge in [0.05, 0.1) is 7.11 Å². The van der Waals surface area contributed by atoms with Crippen LogP contribution < -0.4 is 0 Å². The van der Waals surface area contributed by atoms with Gasteiger partial charge in [0.2, 0.25) is 10.4 Å². The molecule has 0 saturated carbocycles. The fourth-order valence-corrected chi connectivity index (χ4v) is 4.04. The Labute approximate surface area is 184 Å². The lowest BCUT2D eigenvalue weighted by molar-refractivity contribution is 0.103. The Morgan fingerprint density at radius 3 is 1.97 bits per heavy atom. The summed E-state index contributed by atoms with van der Waals surface area (Å²) in [6.07, 6.45) is 4.37. The Balaban J connectivity index is 0.000000469. The Hall–Kier alpha value is -2.10. The number of carbonyl (C=O) groups is 1. The van der Waals surface area contributed by atoms with E-state index in [-0.39, 0.29) is 16.7 Å². The summed E-state index contributed by atoms with van der Waals surface area (Å²) in [5, 5.41) is 0. The summed E-state index contributed by atoms with van der Waals surface area (Å²) in [6, 6.07) is 26.0. The van der Waals surface area contributed by atoms with Crippen LogP contribution in [-0.4, -0.2) is 38.4 Å². The average Bonchev–Trinajstić information content (AvgIpc) is 2.74. The van der Waals surface area contributed by atoms with Gasteiger partial charge in [0.15, 0.2) is 10.7 Å². The van der Waals surface area contributed by atoms with E-state index in [0.29, 0.717) is 0 Å². The van der Waals surface area contributed by atoms with Crippen molar-refractivity contribution >= 4 is 38.8 Å². The quantitative estimate of drug-likeness (QED) is 0.234. The third-order valence-electron chi connectivity index (χ3n) is 3.89. The summed E-state index contributed by atoms with van der Waals surface area (Å²) in [5.74, 6) is 0.0765. The van der Waals surface area contributed by atoms with E-state index >= 15 is 0 Å². The maximum atomic E-state index is 12.9. The number of hydrogen-bond donors (Lipinski definition) is 0. The van der Waals surface area contributed by atoms with Gasteiger partial charge in [0.1, 0.15) is 12.5 Å². The van der Waals surface area contributed by atoms with Crippen LogP contribution in [0.15, 0.2) is 93.5 Å². The first kappa shape index (κ1) is 24.2. The van der Waals surface area contributed by atoms with Gasteiger partial charge in [-0.1, -0.05) is 42.1 Å². The van der Waals surface area contributed by atoms with Gasteiger partial charge in [-0.3, -0.25) is 8.98 Å². The molecule has 8 heteroatoms. The smallest absolute Gasteiger partial charge is 0.217 e. The molecule has 0 N–H and O–H groups in total. The number of benzene rings is 3. The third-order valence-corrected chi connectivity index (χ3v) is 6.60. The maximum absolute atomic E-state index is 12.9.